The van der Waals surface area contributed by atoms with E-state index in [0.717, 1.165) is 16.7 Å². The summed E-state index contributed by atoms with van der Waals surface area (Å²) in [6.45, 7) is 1.82. The molecule has 1 saturated heterocycles. The van der Waals surface area contributed by atoms with Gasteiger partial charge in [0, 0.05) is 16.6 Å². The number of hydrogen-bond donors (Lipinski definition) is 1. The highest BCUT2D eigenvalue weighted by atomic mass is 79.9. The van der Waals surface area contributed by atoms with Crippen molar-refractivity contribution in [1.29, 1.82) is 0 Å². The summed E-state index contributed by atoms with van der Waals surface area (Å²) in [5.41, 5.74) is 1.70. The minimum Gasteiger partial charge on any atom is -0.490 e. The van der Waals surface area contributed by atoms with Gasteiger partial charge < -0.3 is 14.8 Å². The van der Waals surface area contributed by atoms with E-state index in [1.165, 1.54) is 12.1 Å². The summed E-state index contributed by atoms with van der Waals surface area (Å²) >= 11 is 4.09. The maximum atomic E-state index is 12.9. The number of nitro groups is 1. The van der Waals surface area contributed by atoms with Crippen molar-refractivity contribution in [1.82, 2.24) is 4.90 Å². The number of nitro benzene ring substituents is 1. The van der Waals surface area contributed by atoms with E-state index in [1.54, 1.807) is 67.6 Å². The first-order valence-corrected chi connectivity index (χ1v) is 13.3. The highest BCUT2D eigenvalue weighted by molar-refractivity contribution is 9.10. The van der Waals surface area contributed by atoms with Crippen LogP contribution in [0.2, 0.25) is 0 Å². The number of carbonyl (C=O) groups is 3. The van der Waals surface area contributed by atoms with E-state index in [9.17, 15) is 24.5 Å². The molecule has 12 heteroatoms. The van der Waals surface area contributed by atoms with Crippen molar-refractivity contribution in [3.63, 3.8) is 0 Å². The zero-order chi connectivity index (χ0) is 27.9. The second-order valence-electron chi connectivity index (χ2n) is 8.15. The van der Waals surface area contributed by atoms with Crippen molar-refractivity contribution in [2.75, 3.05) is 18.5 Å². The van der Waals surface area contributed by atoms with Gasteiger partial charge in [0.15, 0.2) is 11.5 Å². The van der Waals surface area contributed by atoms with E-state index in [1.807, 2.05) is 0 Å². The molecular weight excluding hydrogens is 590 g/mol. The minimum atomic E-state index is -0.573. The van der Waals surface area contributed by atoms with Gasteiger partial charge in [-0.15, -0.1) is 0 Å². The van der Waals surface area contributed by atoms with Gasteiger partial charge in [-0.25, -0.2) is 0 Å². The molecule has 39 heavy (non-hydrogen) atoms. The number of hydrogen-bond acceptors (Lipinski definition) is 8. The lowest BCUT2D eigenvalue weighted by molar-refractivity contribution is -0.384. The van der Waals surface area contributed by atoms with Crippen LogP contribution in [0.15, 0.2) is 76.1 Å². The molecule has 1 heterocycles. The van der Waals surface area contributed by atoms with Gasteiger partial charge in [0.1, 0.15) is 13.2 Å². The first kappa shape index (κ1) is 27.9. The molecule has 4 rings (SSSR count). The van der Waals surface area contributed by atoms with Crippen LogP contribution in [0.4, 0.5) is 16.2 Å². The minimum absolute atomic E-state index is 0.0316. The molecule has 0 saturated carbocycles. The molecular formula is C27H22BrN3O7S. The van der Waals surface area contributed by atoms with Crippen LogP contribution >= 0.6 is 27.7 Å². The molecule has 1 aliphatic heterocycles. The quantitative estimate of drug-likeness (QED) is 0.168. The van der Waals surface area contributed by atoms with Crippen LogP contribution < -0.4 is 14.8 Å². The van der Waals surface area contributed by atoms with Crippen molar-refractivity contribution in [3.05, 3.63) is 97.3 Å². The third-order valence-corrected chi connectivity index (χ3v) is 7.00. The summed E-state index contributed by atoms with van der Waals surface area (Å²) in [7, 11) is 0. The van der Waals surface area contributed by atoms with E-state index in [4.69, 9.17) is 9.47 Å². The Labute approximate surface area is 236 Å². The zero-order valence-corrected chi connectivity index (χ0v) is 23.0. The van der Waals surface area contributed by atoms with Crippen LogP contribution in [-0.4, -0.2) is 40.0 Å². The summed E-state index contributed by atoms with van der Waals surface area (Å²) in [6.07, 6.45) is 1.55. The maximum Gasteiger partial charge on any atom is 0.294 e. The van der Waals surface area contributed by atoms with Crippen LogP contribution in [0.1, 0.15) is 18.1 Å². The van der Waals surface area contributed by atoms with Gasteiger partial charge >= 0.3 is 0 Å². The van der Waals surface area contributed by atoms with Gasteiger partial charge in [0.25, 0.3) is 16.8 Å². The van der Waals surface area contributed by atoms with Crippen LogP contribution in [0.5, 0.6) is 11.5 Å². The van der Waals surface area contributed by atoms with Gasteiger partial charge in [-0.2, -0.15) is 0 Å². The van der Waals surface area contributed by atoms with Crippen LogP contribution in [0, 0.1) is 10.1 Å². The second-order valence-corrected chi connectivity index (χ2v) is 10.00. The molecule has 0 aromatic heterocycles. The molecule has 0 radical (unpaired) electrons. The average molecular weight is 612 g/mol. The first-order chi connectivity index (χ1) is 18.7. The fourth-order valence-corrected chi connectivity index (χ4v) is 4.83. The molecule has 3 aromatic rings. The number of halogens is 1. The van der Waals surface area contributed by atoms with Gasteiger partial charge in [-0.05, 0) is 76.1 Å². The summed E-state index contributed by atoms with van der Waals surface area (Å²) in [5.74, 6) is -0.258. The molecule has 200 valence electrons. The predicted octanol–water partition coefficient (Wildman–Crippen LogP) is 6.01. The van der Waals surface area contributed by atoms with E-state index in [2.05, 4.69) is 21.2 Å². The fraction of sp³-hybridized carbons (Fsp3) is 0.148. The van der Waals surface area contributed by atoms with Crippen LogP contribution in [0.25, 0.3) is 6.08 Å². The third-order valence-electron chi connectivity index (χ3n) is 5.40. The molecule has 0 spiro atoms. The standard InChI is InChI=1S/C27H22BrN3O7S/c1-2-37-23-13-17(10-11-22(23)38-16-18-6-5-7-19(12-18)31(35)36)14-24-26(33)30(27(34)39-24)15-25(32)29-21-9-4-3-8-20(21)28/h3-14H,2,15-16H2,1H3,(H,29,32)/b24-14+. The number of carbonyl (C=O) groups excluding carboxylic acids is 3. The highest BCUT2D eigenvalue weighted by Crippen LogP contribution is 2.35. The molecule has 3 aromatic carbocycles. The first-order valence-electron chi connectivity index (χ1n) is 11.7. The van der Waals surface area contributed by atoms with Gasteiger partial charge in [0.2, 0.25) is 5.91 Å². The van der Waals surface area contributed by atoms with Crippen LogP contribution in [-0.2, 0) is 16.2 Å². The fourth-order valence-electron chi connectivity index (χ4n) is 3.61. The Morgan fingerprint density at radius 2 is 1.87 bits per heavy atom. The normalized spacial score (nSPS) is 14.0. The number of imide groups is 1. The van der Waals surface area contributed by atoms with Crippen molar-refractivity contribution >= 4 is 62.2 Å². The summed E-state index contributed by atoms with van der Waals surface area (Å²) < 4.78 is 12.2. The third kappa shape index (κ3) is 7.03. The molecule has 3 amide bonds. The lowest BCUT2D eigenvalue weighted by atomic mass is 10.1. The van der Waals surface area contributed by atoms with Crippen molar-refractivity contribution < 1.29 is 28.8 Å². The molecule has 0 atom stereocenters. The van der Waals surface area contributed by atoms with Gasteiger partial charge in [-0.3, -0.25) is 29.4 Å². The summed E-state index contributed by atoms with van der Waals surface area (Å²) in [4.78, 5) is 49.5. The van der Waals surface area contributed by atoms with Crippen LogP contribution in [0.3, 0.4) is 0 Å². The monoisotopic (exact) mass is 611 g/mol. The number of benzene rings is 3. The summed E-state index contributed by atoms with van der Waals surface area (Å²) in [5, 5.41) is 13.1. The lowest BCUT2D eigenvalue weighted by Gasteiger charge is -2.13. The number of nitrogens with one attached hydrogen (secondary N) is 1. The van der Waals surface area contributed by atoms with Crippen molar-refractivity contribution in [2.45, 2.75) is 13.5 Å². The SMILES string of the molecule is CCOc1cc(/C=C2/SC(=O)N(CC(=O)Nc3ccccc3Br)C2=O)ccc1OCc1cccc([N+](=O)[O-])c1. The van der Waals surface area contributed by atoms with E-state index in [0.29, 0.717) is 39.4 Å². The van der Waals surface area contributed by atoms with Crippen molar-refractivity contribution in [3.8, 4) is 11.5 Å². The Hall–Kier alpha value is -4.16. The number of thioether (sulfide) groups is 1. The molecule has 10 nitrogen and oxygen atoms in total. The second kappa shape index (κ2) is 12.6. The zero-order valence-electron chi connectivity index (χ0n) is 20.6. The van der Waals surface area contributed by atoms with Crippen molar-refractivity contribution in [2.24, 2.45) is 0 Å². The number of nitrogens with zero attached hydrogens (tertiary/aromatic N) is 2. The Balaban J connectivity index is 1.45. The number of non-ortho nitro benzene ring substituents is 1. The molecule has 1 N–H and O–H groups in total. The Morgan fingerprint density at radius 1 is 1.08 bits per heavy atom. The smallest absolute Gasteiger partial charge is 0.294 e. The number of amides is 3. The number of rotatable bonds is 10. The Bertz CT molecular complexity index is 1480. The number of ether oxygens (including phenoxy) is 2. The number of anilines is 1. The molecule has 1 aliphatic rings. The molecule has 1 fully saturated rings. The maximum absolute atomic E-state index is 12.9. The molecule has 0 bridgehead atoms. The number of para-hydroxylation sites is 1. The van der Waals surface area contributed by atoms with Gasteiger partial charge in [0.05, 0.1) is 22.1 Å². The van der Waals surface area contributed by atoms with E-state index in [-0.39, 0.29) is 17.2 Å². The van der Waals surface area contributed by atoms with Gasteiger partial charge in [-0.1, -0.05) is 30.3 Å². The van der Waals surface area contributed by atoms with E-state index >= 15 is 0 Å². The average Bonchev–Trinajstić information content (AvgIpc) is 3.17. The Morgan fingerprint density at radius 3 is 2.62 bits per heavy atom. The Kier molecular flexibility index (Phi) is 8.99. The molecule has 0 aliphatic carbocycles. The largest absolute Gasteiger partial charge is 0.490 e. The van der Waals surface area contributed by atoms with E-state index < -0.39 is 28.5 Å². The highest BCUT2D eigenvalue weighted by Gasteiger charge is 2.36. The predicted molar refractivity (Wildman–Crippen MR) is 150 cm³/mol. The lowest BCUT2D eigenvalue weighted by Crippen LogP contribution is -2.36. The summed E-state index contributed by atoms with van der Waals surface area (Å²) in [6, 6.07) is 18.2. The molecule has 0 unspecified atom stereocenters. The topological polar surface area (TPSA) is 128 Å².